The van der Waals surface area contributed by atoms with E-state index >= 15 is 0 Å². The van der Waals surface area contributed by atoms with Crippen LogP contribution in [0.2, 0.25) is 0 Å². The Morgan fingerprint density at radius 1 is 1.67 bits per heavy atom. The van der Waals surface area contributed by atoms with Crippen molar-refractivity contribution in [3.8, 4) is 0 Å². The summed E-state index contributed by atoms with van der Waals surface area (Å²) >= 11 is 1.08. The number of hydrogen-bond donors (Lipinski definition) is 2. The van der Waals surface area contributed by atoms with Crippen molar-refractivity contribution >= 4 is 17.3 Å². The largest absolute Gasteiger partial charge is 0.476 e. The van der Waals surface area contributed by atoms with Crippen LogP contribution < -0.4 is 4.87 Å². The second-order valence-electron chi connectivity index (χ2n) is 2.91. The zero-order valence-corrected chi connectivity index (χ0v) is 8.32. The number of rotatable bonds is 3. The average Bonchev–Trinajstić information content (AvgIpc) is 2.76. The molecule has 15 heavy (non-hydrogen) atoms. The Morgan fingerprint density at radius 3 is 3.00 bits per heavy atom. The first-order chi connectivity index (χ1) is 7.15. The van der Waals surface area contributed by atoms with E-state index < -0.39 is 5.97 Å². The van der Waals surface area contributed by atoms with E-state index in [1.807, 2.05) is 0 Å². The second-order valence-corrected chi connectivity index (χ2v) is 3.75. The van der Waals surface area contributed by atoms with E-state index in [2.05, 4.69) is 9.97 Å². The molecule has 2 aromatic rings. The molecule has 6 nitrogen and oxygen atoms in total. The van der Waals surface area contributed by atoms with Gasteiger partial charge in [0.1, 0.15) is 0 Å². The summed E-state index contributed by atoms with van der Waals surface area (Å²) in [7, 11) is 0. The highest BCUT2D eigenvalue weighted by Gasteiger charge is 2.06. The zero-order chi connectivity index (χ0) is 10.8. The number of imidazole rings is 1. The van der Waals surface area contributed by atoms with E-state index in [-0.39, 0.29) is 10.6 Å². The molecule has 7 heteroatoms. The molecule has 2 rings (SSSR count). The number of H-pyrrole nitrogens is 1. The van der Waals surface area contributed by atoms with Gasteiger partial charge in [-0.15, -0.1) is 0 Å². The van der Waals surface area contributed by atoms with Crippen molar-refractivity contribution in [2.75, 3.05) is 0 Å². The van der Waals surface area contributed by atoms with Crippen molar-refractivity contribution in [3.05, 3.63) is 39.0 Å². The first-order valence-corrected chi connectivity index (χ1v) is 4.95. The van der Waals surface area contributed by atoms with Crippen molar-refractivity contribution in [2.24, 2.45) is 0 Å². The Morgan fingerprint density at radius 2 is 2.47 bits per heavy atom. The minimum absolute atomic E-state index is 0.00687. The number of aromatic amines is 1. The smallest absolute Gasteiger partial charge is 0.356 e. The first-order valence-electron chi connectivity index (χ1n) is 4.07. The predicted molar refractivity (Wildman–Crippen MR) is 53.2 cm³/mol. The van der Waals surface area contributed by atoms with Gasteiger partial charge in [-0.05, 0) is 0 Å². The van der Waals surface area contributed by atoms with E-state index in [4.69, 9.17) is 5.11 Å². The van der Waals surface area contributed by atoms with Crippen LogP contribution in [0.3, 0.4) is 0 Å². The van der Waals surface area contributed by atoms with Crippen molar-refractivity contribution in [1.82, 2.24) is 14.5 Å². The summed E-state index contributed by atoms with van der Waals surface area (Å²) in [5.41, 5.74) is 0.729. The molecule has 0 radical (unpaired) electrons. The molecule has 2 N–H and O–H groups in total. The van der Waals surface area contributed by atoms with Crippen LogP contribution in [-0.2, 0) is 6.54 Å². The molecule has 0 aliphatic rings. The van der Waals surface area contributed by atoms with Crippen LogP contribution in [0, 0.1) is 0 Å². The van der Waals surface area contributed by atoms with Crippen LogP contribution in [0.15, 0.2) is 22.7 Å². The van der Waals surface area contributed by atoms with Crippen molar-refractivity contribution < 1.29 is 9.90 Å². The van der Waals surface area contributed by atoms with Crippen LogP contribution in [-0.4, -0.2) is 25.6 Å². The molecule has 0 unspecified atom stereocenters. The van der Waals surface area contributed by atoms with Gasteiger partial charge >= 0.3 is 10.8 Å². The van der Waals surface area contributed by atoms with Gasteiger partial charge < -0.3 is 14.7 Å². The van der Waals surface area contributed by atoms with Crippen LogP contribution in [0.4, 0.5) is 0 Å². The maximum absolute atomic E-state index is 10.8. The first kappa shape index (κ1) is 9.66. The fourth-order valence-corrected chi connectivity index (χ4v) is 1.72. The van der Waals surface area contributed by atoms with E-state index in [9.17, 15) is 9.59 Å². The number of nitrogens with one attached hydrogen (secondary N) is 1. The fraction of sp³-hybridized carbons (Fsp3) is 0.125. The lowest BCUT2D eigenvalue weighted by atomic mass is 10.4. The highest BCUT2D eigenvalue weighted by molar-refractivity contribution is 7.07. The number of carboxylic acids is 1. The summed E-state index contributed by atoms with van der Waals surface area (Å²) in [6.07, 6.45) is 2.83. The topological polar surface area (TPSA) is 88.0 Å². The number of nitrogens with zero attached hydrogens (tertiary/aromatic N) is 2. The van der Waals surface area contributed by atoms with Crippen LogP contribution in [0.5, 0.6) is 0 Å². The molecule has 0 aromatic carbocycles. The number of aromatic nitrogens is 3. The van der Waals surface area contributed by atoms with Gasteiger partial charge in [0.25, 0.3) is 0 Å². The fourth-order valence-electron chi connectivity index (χ4n) is 1.15. The summed E-state index contributed by atoms with van der Waals surface area (Å²) in [5.74, 6) is -1.06. The highest BCUT2D eigenvalue weighted by atomic mass is 32.1. The molecule has 0 fully saturated rings. The van der Waals surface area contributed by atoms with Crippen LogP contribution >= 0.6 is 11.3 Å². The molecule has 0 aliphatic heterocycles. The Bertz CT molecular complexity index is 539. The van der Waals surface area contributed by atoms with Gasteiger partial charge in [0.15, 0.2) is 5.69 Å². The third-order valence-electron chi connectivity index (χ3n) is 1.78. The molecule has 0 amide bonds. The standard InChI is InChI=1S/C8H7N3O3S/c12-7(13)6-2-11(4-9-6)1-5-3-15-8(14)10-5/h2-4H,1H2,(H,10,14)(H,12,13). The lowest BCUT2D eigenvalue weighted by Gasteiger charge is -1.96. The molecule has 0 spiro atoms. The van der Waals surface area contributed by atoms with E-state index in [0.29, 0.717) is 6.54 Å². The molecule has 0 bridgehead atoms. The molecule has 2 heterocycles. The van der Waals surface area contributed by atoms with Gasteiger partial charge in [-0.2, -0.15) is 0 Å². The lowest BCUT2D eigenvalue weighted by Crippen LogP contribution is -2.01. The predicted octanol–water partition coefficient (Wildman–Crippen LogP) is 0.379. The molecule has 2 aromatic heterocycles. The molecule has 0 aliphatic carbocycles. The Balaban J connectivity index is 2.17. The maximum atomic E-state index is 10.8. The maximum Gasteiger partial charge on any atom is 0.356 e. The zero-order valence-electron chi connectivity index (χ0n) is 7.51. The molecule has 0 saturated carbocycles. The van der Waals surface area contributed by atoms with Crippen molar-refractivity contribution in [3.63, 3.8) is 0 Å². The molecule has 0 atom stereocenters. The average molecular weight is 225 g/mol. The summed E-state index contributed by atoms with van der Waals surface area (Å²) in [5, 5.41) is 10.3. The van der Waals surface area contributed by atoms with Crippen molar-refractivity contribution in [1.29, 1.82) is 0 Å². The third kappa shape index (κ3) is 2.13. The minimum Gasteiger partial charge on any atom is -0.476 e. The third-order valence-corrected chi connectivity index (χ3v) is 2.49. The summed E-state index contributed by atoms with van der Waals surface area (Å²) in [4.78, 5) is 27.6. The van der Waals surface area contributed by atoms with Crippen molar-refractivity contribution in [2.45, 2.75) is 6.54 Å². The van der Waals surface area contributed by atoms with Crippen LogP contribution in [0.1, 0.15) is 16.2 Å². The number of aromatic carboxylic acids is 1. The SMILES string of the molecule is O=C(O)c1cn(Cc2csc(=O)[nH]2)cn1. The summed E-state index contributed by atoms with van der Waals surface area (Å²) < 4.78 is 1.60. The quantitative estimate of drug-likeness (QED) is 0.790. The van der Waals surface area contributed by atoms with Gasteiger partial charge in [-0.3, -0.25) is 4.79 Å². The molecule has 78 valence electrons. The minimum atomic E-state index is -1.06. The van der Waals surface area contributed by atoms with Gasteiger partial charge in [0.05, 0.1) is 12.9 Å². The van der Waals surface area contributed by atoms with Gasteiger partial charge in [0, 0.05) is 17.3 Å². The van der Waals surface area contributed by atoms with Gasteiger partial charge in [-0.25, -0.2) is 9.78 Å². The number of thiazole rings is 1. The Kier molecular flexibility index (Phi) is 2.38. The second kappa shape index (κ2) is 3.70. The van der Waals surface area contributed by atoms with E-state index in [1.54, 1.807) is 9.95 Å². The Labute approximate surface area is 87.8 Å². The molecular formula is C8H7N3O3S. The van der Waals surface area contributed by atoms with E-state index in [1.165, 1.54) is 12.5 Å². The highest BCUT2D eigenvalue weighted by Crippen LogP contribution is 2.02. The van der Waals surface area contributed by atoms with Gasteiger partial charge in [-0.1, -0.05) is 11.3 Å². The van der Waals surface area contributed by atoms with Gasteiger partial charge in [0.2, 0.25) is 0 Å². The summed E-state index contributed by atoms with van der Waals surface area (Å²) in [6.45, 7) is 0.416. The molecule has 0 saturated heterocycles. The van der Waals surface area contributed by atoms with E-state index in [0.717, 1.165) is 17.0 Å². The number of hydrogen-bond acceptors (Lipinski definition) is 4. The number of carbonyl (C=O) groups is 1. The normalized spacial score (nSPS) is 10.4. The number of carboxylic acid groups (broad SMARTS) is 1. The lowest BCUT2D eigenvalue weighted by molar-refractivity contribution is 0.0691. The summed E-state index contributed by atoms with van der Waals surface area (Å²) in [6, 6.07) is 0. The monoisotopic (exact) mass is 225 g/mol. The molecular weight excluding hydrogens is 218 g/mol. The Hall–Kier alpha value is -1.89. The van der Waals surface area contributed by atoms with Crippen LogP contribution in [0.25, 0.3) is 0 Å².